The summed E-state index contributed by atoms with van der Waals surface area (Å²) in [7, 11) is 0. The van der Waals surface area contributed by atoms with Gasteiger partial charge in [-0.2, -0.15) is 0 Å². The molecule has 136 valence electrons. The minimum Gasteiger partial charge on any atom is -0.356 e. The van der Waals surface area contributed by atoms with Crippen molar-refractivity contribution in [2.24, 2.45) is 11.8 Å². The summed E-state index contributed by atoms with van der Waals surface area (Å²) in [5.74, 6) is 0.430. The Labute approximate surface area is 151 Å². The number of aryl methyl sites for hydroxylation is 1. The number of nitrogens with one attached hydrogen (secondary N) is 1. The van der Waals surface area contributed by atoms with Gasteiger partial charge in [-0.05, 0) is 45.1 Å². The van der Waals surface area contributed by atoms with Crippen LogP contribution in [0.2, 0.25) is 0 Å². The molecule has 0 radical (unpaired) electrons. The summed E-state index contributed by atoms with van der Waals surface area (Å²) in [5, 5.41) is 2.93. The molecule has 1 aliphatic carbocycles. The van der Waals surface area contributed by atoms with Crippen LogP contribution in [0.1, 0.15) is 62.6 Å². The lowest BCUT2D eigenvalue weighted by molar-refractivity contribution is -0.142. The third-order valence-electron chi connectivity index (χ3n) is 5.72. The molecule has 2 amide bonds. The fourth-order valence-electron chi connectivity index (χ4n) is 4.38. The fourth-order valence-corrected chi connectivity index (χ4v) is 4.38. The van der Waals surface area contributed by atoms with Crippen molar-refractivity contribution in [1.29, 1.82) is 0 Å². The highest BCUT2D eigenvalue weighted by Crippen LogP contribution is 2.37. The van der Waals surface area contributed by atoms with Crippen LogP contribution in [-0.2, 0) is 9.59 Å². The molecule has 25 heavy (non-hydrogen) atoms. The van der Waals surface area contributed by atoms with E-state index >= 15 is 0 Å². The number of hydrogen-bond acceptors (Lipinski definition) is 2. The predicted molar refractivity (Wildman–Crippen MR) is 99.0 cm³/mol. The van der Waals surface area contributed by atoms with E-state index in [9.17, 15) is 9.59 Å². The van der Waals surface area contributed by atoms with Gasteiger partial charge in [-0.1, -0.05) is 42.7 Å². The number of benzene rings is 1. The first kappa shape index (κ1) is 18.0. The fraction of sp³-hybridized carbons (Fsp3) is 0.619. The summed E-state index contributed by atoms with van der Waals surface area (Å²) in [6, 6.07) is 8.58. The number of piperidine rings is 1. The van der Waals surface area contributed by atoms with Crippen LogP contribution in [-0.4, -0.2) is 29.8 Å². The topological polar surface area (TPSA) is 49.4 Å². The van der Waals surface area contributed by atoms with Gasteiger partial charge in [-0.15, -0.1) is 0 Å². The molecule has 0 aromatic heterocycles. The van der Waals surface area contributed by atoms with Gasteiger partial charge in [-0.3, -0.25) is 9.59 Å². The quantitative estimate of drug-likeness (QED) is 0.909. The zero-order valence-electron chi connectivity index (χ0n) is 15.5. The van der Waals surface area contributed by atoms with E-state index in [0.717, 1.165) is 38.5 Å². The number of carbonyl (C=O) groups excluding carboxylic acids is 2. The van der Waals surface area contributed by atoms with E-state index in [0.29, 0.717) is 13.1 Å². The van der Waals surface area contributed by atoms with Gasteiger partial charge in [0.2, 0.25) is 11.8 Å². The van der Waals surface area contributed by atoms with Gasteiger partial charge >= 0.3 is 0 Å². The summed E-state index contributed by atoms with van der Waals surface area (Å²) in [6.07, 6.45) is 6.02. The third kappa shape index (κ3) is 4.05. The number of amides is 2. The molecule has 3 rings (SSSR count). The lowest BCUT2D eigenvalue weighted by Gasteiger charge is -2.41. The zero-order valence-corrected chi connectivity index (χ0v) is 15.5. The zero-order chi connectivity index (χ0) is 17.8. The van der Waals surface area contributed by atoms with Gasteiger partial charge in [-0.25, -0.2) is 0 Å². The number of nitrogens with zero attached hydrogens (tertiary/aromatic N) is 1. The third-order valence-corrected chi connectivity index (χ3v) is 5.72. The van der Waals surface area contributed by atoms with Crippen molar-refractivity contribution >= 4 is 11.8 Å². The minimum absolute atomic E-state index is 0.0774. The average molecular weight is 342 g/mol. The van der Waals surface area contributed by atoms with Crippen molar-refractivity contribution in [1.82, 2.24) is 10.2 Å². The van der Waals surface area contributed by atoms with Crippen LogP contribution in [0.25, 0.3) is 0 Å². The highest BCUT2D eigenvalue weighted by molar-refractivity contribution is 5.83. The molecule has 1 aromatic rings. The van der Waals surface area contributed by atoms with E-state index in [4.69, 9.17) is 0 Å². The van der Waals surface area contributed by atoms with Crippen molar-refractivity contribution in [2.45, 2.75) is 58.4 Å². The molecule has 1 N–H and O–H groups in total. The first-order chi connectivity index (χ1) is 12.1. The Morgan fingerprint density at radius 2 is 1.88 bits per heavy atom. The first-order valence-electron chi connectivity index (χ1n) is 9.75. The van der Waals surface area contributed by atoms with Crippen LogP contribution in [0.15, 0.2) is 24.3 Å². The standard InChI is InChI=1S/C21H30N2O2/c1-3-22-20(24)18-11-12-19(17-10-6-7-15(2)13-17)23(14-18)21(25)16-8-4-5-9-16/h6-7,10,13,16,18-19H,3-5,8-9,11-12,14H2,1-2H3,(H,22,24)/t18-,19+/m0/s1. The van der Waals surface area contributed by atoms with Crippen LogP contribution in [0, 0.1) is 18.8 Å². The number of rotatable bonds is 4. The Morgan fingerprint density at radius 3 is 2.56 bits per heavy atom. The van der Waals surface area contributed by atoms with Gasteiger partial charge in [0, 0.05) is 19.0 Å². The molecule has 1 aliphatic heterocycles. The summed E-state index contributed by atoms with van der Waals surface area (Å²) in [5.41, 5.74) is 2.43. The molecule has 0 spiro atoms. The number of likely N-dealkylation sites (tertiary alicyclic amines) is 1. The van der Waals surface area contributed by atoms with Crippen LogP contribution < -0.4 is 5.32 Å². The highest BCUT2D eigenvalue weighted by Gasteiger charge is 2.38. The highest BCUT2D eigenvalue weighted by atomic mass is 16.2. The second-order valence-electron chi connectivity index (χ2n) is 7.57. The van der Waals surface area contributed by atoms with E-state index in [-0.39, 0.29) is 29.7 Å². The molecular formula is C21H30N2O2. The van der Waals surface area contributed by atoms with E-state index in [2.05, 4.69) is 36.5 Å². The molecule has 4 heteroatoms. The summed E-state index contributed by atoms with van der Waals surface area (Å²) in [6.45, 7) is 5.23. The molecule has 2 fully saturated rings. The van der Waals surface area contributed by atoms with Crippen molar-refractivity contribution in [2.75, 3.05) is 13.1 Å². The van der Waals surface area contributed by atoms with Crippen molar-refractivity contribution in [3.05, 3.63) is 35.4 Å². The maximum Gasteiger partial charge on any atom is 0.226 e. The van der Waals surface area contributed by atoms with Gasteiger partial charge < -0.3 is 10.2 Å². The van der Waals surface area contributed by atoms with E-state index < -0.39 is 0 Å². The van der Waals surface area contributed by atoms with E-state index in [1.807, 2.05) is 11.8 Å². The molecule has 2 aliphatic rings. The van der Waals surface area contributed by atoms with E-state index in [1.54, 1.807) is 0 Å². The molecule has 4 nitrogen and oxygen atoms in total. The summed E-state index contributed by atoms with van der Waals surface area (Å²) in [4.78, 5) is 27.5. The molecule has 2 atom stereocenters. The summed E-state index contributed by atoms with van der Waals surface area (Å²) >= 11 is 0. The van der Waals surface area contributed by atoms with Crippen LogP contribution >= 0.6 is 0 Å². The molecule has 1 aromatic carbocycles. The Morgan fingerprint density at radius 1 is 1.12 bits per heavy atom. The maximum absolute atomic E-state index is 13.2. The monoisotopic (exact) mass is 342 g/mol. The van der Waals surface area contributed by atoms with Crippen LogP contribution in [0.4, 0.5) is 0 Å². The SMILES string of the molecule is CCNC(=O)[C@H]1CC[C@H](c2cccc(C)c2)N(C(=O)C2CCCC2)C1. The van der Waals surface area contributed by atoms with Crippen LogP contribution in [0.5, 0.6) is 0 Å². The maximum atomic E-state index is 13.2. The Kier molecular flexibility index (Phi) is 5.77. The van der Waals surface area contributed by atoms with Gasteiger partial charge in [0.25, 0.3) is 0 Å². The lowest BCUT2D eigenvalue weighted by atomic mass is 9.86. The molecule has 1 heterocycles. The number of carbonyl (C=O) groups is 2. The van der Waals surface area contributed by atoms with Gasteiger partial charge in [0.05, 0.1) is 12.0 Å². The second kappa shape index (κ2) is 8.03. The van der Waals surface area contributed by atoms with Crippen molar-refractivity contribution < 1.29 is 9.59 Å². The van der Waals surface area contributed by atoms with Crippen molar-refractivity contribution in [3.8, 4) is 0 Å². The Balaban J connectivity index is 1.83. The van der Waals surface area contributed by atoms with Gasteiger partial charge in [0.15, 0.2) is 0 Å². The number of hydrogen-bond donors (Lipinski definition) is 1. The molecule has 0 bridgehead atoms. The van der Waals surface area contributed by atoms with Crippen LogP contribution in [0.3, 0.4) is 0 Å². The largest absolute Gasteiger partial charge is 0.356 e. The summed E-state index contributed by atoms with van der Waals surface area (Å²) < 4.78 is 0. The molecule has 0 unspecified atom stereocenters. The van der Waals surface area contributed by atoms with Gasteiger partial charge in [0.1, 0.15) is 0 Å². The average Bonchev–Trinajstić information content (AvgIpc) is 3.15. The normalized spacial score (nSPS) is 24.3. The minimum atomic E-state index is -0.0774. The molecule has 1 saturated heterocycles. The molecular weight excluding hydrogens is 312 g/mol. The van der Waals surface area contributed by atoms with E-state index in [1.165, 1.54) is 11.1 Å². The lowest BCUT2D eigenvalue weighted by Crippen LogP contribution is -2.48. The Bertz CT molecular complexity index is 622. The smallest absolute Gasteiger partial charge is 0.226 e. The molecule has 1 saturated carbocycles. The first-order valence-corrected chi connectivity index (χ1v) is 9.75. The Hall–Kier alpha value is -1.84. The van der Waals surface area contributed by atoms with Crippen molar-refractivity contribution in [3.63, 3.8) is 0 Å². The predicted octanol–water partition coefficient (Wildman–Crippen LogP) is 3.60. The second-order valence-corrected chi connectivity index (χ2v) is 7.57.